The van der Waals surface area contributed by atoms with E-state index in [2.05, 4.69) is 20.1 Å². The molecule has 0 aliphatic heterocycles. The van der Waals surface area contributed by atoms with Gasteiger partial charge in [-0.15, -0.1) is 0 Å². The maximum Gasteiger partial charge on any atom is 0.232 e. The highest BCUT2D eigenvalue weighted by Gasteiger charge is 2.14. The highest BCUT2D eigenvalue weighted by molar-refractivity contribution is 5.53. The van der Waals surface area contributed by atoms with Gasteiger partial charge < -0.3 is 18.9 Å². The molecular formula is C16H17N5O3. The Morgan fingerprint density at radius 1 is 1.04 bits per heavy atom. The van der Waals surface area contributed by atoms with E-state index in [1.54, 1.807) is 26.5 Å². The van der Waals surface area contributed by atoms with E-state index < -0.39 is 0 Å². The fourth-order valence-corrected chi connectivity index (χ4v) is 2.10. The number of hydrogen-bond donors (Lipinski definition) is 0. The lowest BCUT2D eigenvalue weighted by molar-refractivity contribution is 0.369. The van der Waals surface area contributed by atoms with Crippen LogP contribution in [0.2, 0.25) is 0 Å². The Bertz CT molecular complexity index is 784. The van der Waals surface area contributed by atoms with Crippen LogP contribution >= 0.6 is 0 Å². The molecule has 0 aliphatic rings. The first-order valence-corrected chi connectivity index (χ1v) is 7.25. The minimum absolute atomic E-state index is 0.426. The van der Waals surface area contributed by atoms with Gasteiger partial charge in [-0.05, 0) is 12.1 Å². The Balaban J connectivity index is 1.78. The van der Waals surface area contributed by atoms with Crippen molar-refractivity contribution in [2.75, 3.05) is 26.2 Å². The largest absolute Gasteiger partial charge is 0.481 e. The first-order valence-electron chi connectivity index (χ1n) is 7.25. The van der Waals surface area contributed by atoms with Gasteiger partial charge in [0.15, 0.2) is 5.76 Å². The molecule has 0 N–H and O–H groups in total. The summed E-state index contributed by atoms with van der Waals surface area (Å²) in [6.07, 6.45) is 1.71. The summed E-state index contributed by atoms with van der Waals surface area (Å²) >= 11 is 0. The van der Waals surface area contributed by atoms with Gasteiger partial charge in [0.05, 0.1) is 32.5 Å². The predicted octanol–water partition coefficient (Wildman–Crippen LogP) is 2.18. The van der Waals surface area contributed by atoms with Gasteiger partial charge in [0.25, 0.3) is 0 Å². The fraction of sp³-hybridized carbons (Fsp3) is 0.250. The molecule has 0 amide bonds. The zero-order chi connectivity index (χ0) is 16.9. The van der Waals surface area contributed by atoms with Crippen molar-refractivity contribution in [2.24, 2.45) is 0 Å². The molecule has 24 heavy (non-hydrogen) atoms. The van der Waals surface area contributed by atoms with E-state index in [-0.39, 0.29) is 0 Å². The van der Waals surface area contributed by atoms with Crippen molar-refractivity contribution in [3.8, 4) is 23.1 Å². The summed E-state index contributed by atoms with van der Waals surface area (Å²) in [5.41, 5.74) is 1.44. The van der Waals surface area contributed by atoms with Crippen LogP contribution in [0.5, 0.6) is 11.8 Å². The van der Waals surface area contributed by atoms with Gasteiger partial charge in [-0.25, -0.2) is 0 Å². The zero-order valence-electron chi connectivity index (χ0n) is 13.6. The maximum atomic E-state index is 5.37. The van der Waals surface area contributed by atoms with Crippen molar-refractivity contribution in [3.05, 3.63) is 42.3 Å². The van der Waals surface area contributed by atoms with Crippen LogP contribution in [0.15, 0.2) is 41.1 Å². The molecule has 0 spiro atoms. The molecule has 0 saturated heterocycles. The quantitative estimate of drug-likeness (QED) is 0.681. The average molecular weight is 327 g/mol. The molecule has 0 fully saturated rings. The summed E-state index contributed by atoms with van der Waals surface area (Å²) in [5, 5.41) is 4.05. The van der Waals surface area contributed by atoms with E-state index in [1.165, 1.54) is 0 Å². The summed E-state index contributed by atoms with van der Waals surface area (Å²) in [7, 11) is 4.93. The Kier molecular flexibility index (Phi) is 4.55. The summed E-state index contributed by atoms with van der Waals surface area (Å²) in [6.45, 7) is 0.441. The van der Waals surface area contributed by atoms with Gasteiger partial charge in [0.2, 0.25) is 17.7 Å². The first-order chi connectivity index (χ1) is 11.7. The topological polar surface area (TPSA) is 86.4 Å². The summed E-state index contributed by atoms with van der Waals surface area (Å²) < 4.78 is 15.7. The minimum Gasteiger partial charge on any atom is -0.481 e. The molecule has 3 rings (SSSR count). The van der Waals surface area contributed by atoms with Crippen LogP contribution < -0.4 is 14.4 Å². The molecule has 0 radical (unpaired) electrons. The third-order valence-electron chi connectivity index (χ3n) is 3.31. The standard InChI is InChI=1S/C16H17N5O3/c1-21(16-18-14(22-2)9-15(19-16)23-3)10-11-8-13(20-24-11)12-6-4-5-7-17-12/h4-9H,10H2,1-3H3. The smallest absolute Gasteiger partial charge is 0.232 e. The molecule has 0 atom stereocenters. The van der Waals surface area contributed by atoms with E-state index in [9.17, 15) is 0 Å². The van der Waals surface area contributed by atoms with Crippen molar-refractivity contribution in [2.45, 2.75) is 6.54 Å². The molecule has 0 saturated carbocycles. The maximum absolute atomic E-state index is 5.37. The number of aromatic nitrogens is 4. The summed E-state index contributed by atoms with van der Waals surface area (Å²) in [5.74, 6) is 1.98. The Morgan fingerprint density at radius 2 is 1.79 bits per heavy atom. The molecule has 0 aliphatic carbocycles. The van der Waals surface area contributed by atoms with Gasteiger partial charge in [0.1, 0.15) is 5.69 Å². The van der Waals surface area contributed by atoms with Crippen LogP contribution in [-0.2, 0) is 6.54 Å². The van der Waals surface area contributed by atoms with Crippen molar-refractivity contribution < 1.29 is 14.0 Å². The first kappa shape index (κ1) is 15.7. The SMILES string of the molecule is COc1cc(OC)nc(N(C)Cc2cc(-c3ccccn3)no2)n1. The van der Waals surface area contributed by atoms with Crippen LogP contribution in [0.3, 0.4) is 0 Å². The second-order valence-electron chi connectivity index (χ2n) is 5.00. The van der Waals surface area contributed by atoms with E-state index in [0.29, 0.717) is 35.7 Å². The molecule has 8 nitrogen and oxygen atoms in total. The van der Waals surface area contributed by atoms with Gasteiger partial charge >= 0.3 is 0 Å². The molecule has 0 aromatic carbocycles. The van der Waals surface area contributed by atoms with Crippen LogP contribution in [0.25, 0.3) is 11.4 Å². The van der Waals surface area contributed by atoms with Crippen molar-refractivity contribution in [3.63, 3.8) is 0 Å². The molecule has 0 bridgehead atoms. The van der Waals surface area contributed by atoms with E-state index in [4.69, 9.17) is 14.0 Å². The third-order valence-corrected chi connectivity index (χ3v) is 3.31. The number of hydrogen-bond acceptors (Lipinski definition) is 8. The Hall–Kier alpha value is -3.16. The summed E-state index contributed by atoms with van der Waals surface area (Å²) in [4.78, 5) is 14.7. The summed E-state index contributed by atoms with van der Waals surface area (Å²) in [6, 6.07) is 9.09. The fourth-order valence-electron chi connectivity index (χ4n) is 2.10. The van der Waals surface area contributed by atoms with E-state index >= 15 is 0 Å². The molecule has 8 heteroatoms. The second-order valence-corrected chi connectivity index (χ2v) is 5.00. The zero-order valence-corrected chi connectivity index (χ0v) is 13.6. The number of rotatable bonds is 6. The Morgan fingerprint density at radius 3 is 2.42 bits per heavy atom. The number of anilines is 1. The number of ether oxygens (including phenoxy) is 2. The lowest BCUT2D eigenvalue weighted by atomic mass is 10.2. The predicted molar refractivity (Wildman–Crippen MR) is 87.0 cm³/mol. The Labute approximate surface area is 139 Å². The van der Waals surface area contributed by atoms with Gasteiger partial charge in [0, 0.05) is 19.3 Å². The number of methoxy groups -OCH3 is 2. The van der Waals surface area contributed by atoms with Crippen LogP contribution in [0.4, 0.5) is 5.95 Å². The molecule has 3 heterocycles. The molecule has 124 valence electrons. The normalized spacial score (nSPS) is 10.5. The van der Waals surface area contributed by atoms with Crippen molar-refractivity contribution >= 4 is 5.95 Å². The lowest BCUT2D eigenvalue weighted by Crippen LogP contribution is -2.19. The number of nitrogens with zero attached hydrogens (tertiary/aromatic N) is 5. The third kappa shape index (κ3) is 3.43. The van der Waals surface area contributed by atoms with E-state index in [0.717, 1.165) is 5.69 Å². The molecular weight excluding hydrogens is 310 g/mol. The molecule has 3 aromatic rings. The van der Waals surface area contributed by atoms with Crippen molar-refractivity contribution in [1.82, 2.24) is 20.1 Å². The molecule has 0 unspecified atom stereocenters. The van der Waals surface area contributed by atoms with Gasteiger partial charge in [-0.1, -0.05) is 11.2 Å². The highest BCUT2D eigenvalue weighted by atomic mass is 16.5. The van der Waals surface area contributed by atoms with Crippen molar-refractivity contribution in [1.29, 1.82) is 0 Å². The lowest BCUT2D eigenvalue weighted by Gasteiger charge is -2.16. The van der Waals surface area contributed by atoms with E-state index in [1.807, 2.05) is 36.2 Å². The monoisotopic (exact) mass is 327 g/mol. The highest BCUT2D eigenvalue weighted by Crippen LogP contribution is 2.22. The minimum atomic E-state index is 0.426. The molecule has 3 aromatic heterocycles. The second kappa shape index (κ2) is 6.95. The van der Waals surface area contributed by atoms with Crippen LogP contribution in [-0.4, -0.2) is 41.4 Å². The van der Waals surface area contributed by atoms with Gasteiger partial charge in [-0.2, -0.15) is 9.97 Å². The number of pyridine rings is 1. The van der Waals surface area contributed by atoms with Gasteiger partial charge in [-0.3, -0.25) is 4.98 Å². The average Bonchev–Trinajstić information content (AvgIpc) is 3.10. The van der Waals surface area contributed by atoms with Crippen LogP contribution in [0.1, 0.15) is 5.76 Å². The van der Waals surface area contributed by atoms with Crippen LogP contribution in [0, 0.1) is 0 Å².